The highest BCUT2D eigenvalue weighted by atomic mass is 16.7. The van der Waals surface area contributed by atoms with Crippen LogP contribution >= 0.6 is 0 Å². The second-order valence-corrected chi connectivity index (χ2v) is 4.68. The lowest BCUT2D eigenvalue weighted by molar-refractivity contribution is -0.255. The van der Waals surface area contributed by atoms with Crippen LogP contribution in [0.3, 0.4) is 0 Å². The Kier molecular flexibility index (Phi) is 3.92. The number of hydrazone groups is 1. The summed E-state index contributed by atoms with van der Waals surface area (Å²) in [5.74, 6) is -0.534. The van der Waals surface area contributed by atoms with Gasteiger partial charge in [0.15, 0.2) is 11.5 Å². The molecular weight excluding hydrogens is 300 g/mol. The molecule has 2 aromatic carbocycles. The molecule has 1 aliphatic rings. The van der Waals surface area contributed by atoms with Gasteiger partial charge in [0.25, 0.3) is 5.91 Å². The van der Waals surface area contributed by atoms with Crippen molar-refractivity contribution in [1.29, 1.82) is 0 Å². The van der Waals surface area contributed by atoms with E-state index in [1.807, 2.05) is 0 Å². The van der Waals surface area contributed by atoms with Gasteiger partial charge in [-0.15, -0.1) is 0 Å². The topological polar surface area (TPSA) is 100 Å². The van der Waals surface area contributed by atoms with Crippen LogP contribution in [0, 0.1) is 0 Å². The molecule has 7 nitrogen and oxygen atoms in total. The third kappa shape index (κ3) is 3.29. The van der Waals surface area contributed by atoms with Crippen molar-refractivity contribution >= 4 is 18.1 Å². The number of carbonyl (C=O) groups is 2. The molecule has 0 spiro atoms. The van der Waals surface area contributed by atoms with E-state index in [1.54, 1.807) is 30.3 Å². The van der Waals surface area contributed by atoms with Crippen molar-refractivity contribution in [1.82, 2.24) is 5.43 Å². The minimum Gasteiger partial charge on any atom is -0.545 e. The number of nitrogens with zero attached hydrogens (tertiary/aromatic N) is 1. The largest absolute Gasteiger partial charge is 0.545 e. The summed E-state index contributed by atoms with van der Waals surface area (Å²) in [4.78, 5) is 22.6. The molecule has 0 unspecified atom stereocenters. The highest BCUT2D eigenvalue weighted by Gasteiger charge is 2.15. The van der Waals surface area contributed by atoms with Crippen LogP contribution in [-0.2, 0) is 0 Å². The summed E-state index contributed by atoms with van der Waals surface area (Å²) in [6.07, 6.45) is 1.41. The number of hydrogen-bond donors (Lipinski definition) is 1. The number of aromatic carboxylic acids is 1. The second-order valence-electron chi connectivity index (χ2n) is 4.68. The molecule has 1 aliphatic heterocycles. The van der Waals surface area contributed by atoms with Gasteiger partial charge in [-0.05, 0) is 29.3 Å². The zero-order valence-electron chi connectivity index (χ0n) is 11.8. The quantitative estimate of drug-likeness (QED) is 0.656. The molecule has 0 saturated carbocycles. The van der Waals surface area contributed by atoms with Crippen molar-refractivity contribution in [3.63, 3.8) is 0 Å². The molecule has 0 atom stereocenters. The summed E-state index contributed by atoms with van der Waals surface area (Å²) >= 11 is 0. The maximum Gasteiger partial charge on any atom is 0.271 e. The molecule has 0 saturated heterocycles. The van der Waals surface area contributed by atoms with E-state index in [1.165, 1.54) is 18.3 Å². The van der Waals surface area contributed by atoms with Gasteiger partial charge in [-0.1, -0.05) is 24.3 Å². The first-order valence-electron chi connectivity index (χ1n) is 6.68. The Bertz CT molecular complexity index is 784. The second kappa shape index (κ2) is 6.18. The van der Waals surface area contributed by atoms with E-state index < -0.39 is 11.9 Å². The van der Waals surface area contributed by atoms with Crippen LogP contribution in [0.15, 0.2) is 47.6 Å². The first-order valence-corrected chi connectivity index (χ1v) is 6.68. The minimum atomic E-state index is -1.25. The average Bonchev–Trinajstić information content (AvgIpc) is 3.02. The number of carbonyl (C=O) groups excluding carboxylic acids is 2. The van der Waals surface area contributed by atoms with E-state index in [4.69, 9.17) is 9.47 Å². The highest BCUT2D eigenvalue weighted by molar-refractivity contribution is 5.95. The molecule has 2 aromatic rings. The molecule has 116 valence electrons. The Labute approximate surface area is 131 Å². The summed E-state index contributed by atoms with van der Waals surface area (Å²) in [5.41, 5.74) is 3.48. The van der Waals surface area contributed by atoms with Crippen molar-refractivity contribution < 1.29 is 24.2 Å². The molecule has 0 aliphatic carbocycles. The zero-order valence-corrected chi connectivity index (χ0v) is 11.8. The summed E-state index contributed by atoms with van der Waals surface area (Å²) < 4.78 is 10.4. The van der Waals surface area contributed by atoms with Crippen molar-refractivity contribution in [3.05, 3.63) is 59.2 Å². The lowest BCUT2D eigenvalue weighted by Gasteiger charge is -2.02. The third-order valence-corrected chi connectivity index (χ3v) is 3.16. The monoisotopic (exact) mass is 311 g/mol. The summed E-state index contributed by atoms with van der Waals surface area (Å²) in [7, 11) is 0. The number of carboxylic acids is 1. The maximum atomic E-state index is 12.0. The molecule has 7 heteroatoms. The molecule has 3 rings (SSSR count). The fourth-order valence-corrected chi connectivity index (χ4v) is 1.97. The van der Waals surface area contributed by atoms with Gasteiger partial charge in [-0.3, -0.25) is 4.79 Å². The smallest absolute Gasteiger partial charge is 0.271 e. The standard InChI is InChI=1S/C16H12N2O5/c19-15(12-5-6-13-14(7-12)23-9-22-13)18-17-8-10-1-3-11(4-2-10)16(20)21/h1-8H,9H2,(H,18,19)(H,20,21)/p-1/b17-8-. The lowest BCUT2D eigenvalue weighted by Crippen LogP contribution is -2.22. The van der Waals surface area contributed by atoms with Crippen LogP contribution in [0.2, 0.25) is 0 Å². The molecular formula is C16H11N2O5-. The first-order chi connectivity index (χ1) is 11.1. The van der Waals surface area contributed by atoms with E-state index in [0.717, 1.165) is 0 Å². The Morgan fingerprint density at radius 3 is 2.48 bits per heavy atom. The summed E-state index contributed by atoms with van der Waals surface area (Å²) in [6.45, 7) is 0.139. The number of rotatable bonds is 4. The number of ether oxygens (including phenoxy) is 2. The number of carboxylic acid groups (broad SMARTS) is 1. The fourth-order valence-electron chi connectivity index (χ4n) is 1.97. The number of fused-ring (bicyclic) bond motifs is 1. The molecule has 0 fully saturated rings. The van der Waals surface area contributed by atoms with Gasteiger partial charge in [-0.2, -0.15) is 5.10 Å². The van der Waals surface area contributed by atoms with E-state index >= 15 is 0 Å². The zero-order chi connectivity index (χ0) is 16.2. The molecule has 23 heavy (non-hydrogen) atoms. The molecule has 1 heterocycles. The summed E-state index contributed by atoms with van der Waals surface area (Å²) in [5, 5.41) is 14.5. The lowest BCUT2D eigenvalue weighted by atomic mass is 10.1. The van der Waals surface area contributed by atoms with E-state index in [9.17, 15) is 14.7 Å². The number of hydrogen-bond acceptors (Lipinski definition) is 6. The van der Waals surface area contributed by atoms with Gasteiger partial charge < -0.3 is 19.4 Å². The van der Waals surface area contributed by atoms with Gasteiger partial charge in [0.2, 0.25) is 6.79 Å². The normalized spacial score (nSPS) is 12.3. The van der Waals surface area contributed by atoms with Crippen LogP contribution in [-0.4, -0.2) is 24.9 Å². The molecule has 1 amide bonds. The average molecular weight is 311 g/mol. The van der Waals surface area contributed by atoms with Crippen molar-refractivity contribution in [3.8, 4) is 11.5 Å². The number of nitrogens with one attached hydrogen (secondary N) is 1. The molecule has 0 radical (unpaired) electrons. The Morgan fingerprint density at radius 1 is 1.04 bits per heavy atom. The molecule has 0 aromatic heterocycles. The fraction of sp³-hybridized carbons (Fsp3) is 0.0625. The predicted octanol–water partition coefficient (Wildman–Crippen LogP) is 0.543. The van der Waals surface area contributed by atoms with Gasteiger partial charge in [0.1, 0.15) is 0 Å². The molecule has 1 N–H and O–H groups in total. The number of benzene rings is 2. The van der Waals surface area contributed by atoms with Gasteiger partial charge in [-0.25, -0.2) is 5.43 Å². The van der Waals surface area contributed by atoms with Crippen molar-refractivity contribution in [2.75, 3.05) is 6.79 Å². The SMILES string of the molecule is O=C([O-])c1ccc(/C=N\NC(=O)c2ccc3c(c2)OCO3)cc1. The molecule has 0 bridgehead atoms. The van der Waals surface area contributed by atoms with Gasteiger partial charge in [0, 0.05) is 5.56 Å². The van der Waals surface area contributed by atoms with Gasteiger partial charge in [0.05, 0.1) is 12.2 Å². The Hall–Kier alpha value is -3.35. The summed E-state index contributed by atoms with van der Waals surface area (Å²) in [6, 6.07) is 10.7. The van der Waals surface area contributed by atoms with Crippen LogP contribution in [0.1, 0.15) is 26.3 Å². The van der Waals surface area contributed by atoms with Crippen LogP contribution in [0.5, 0.6) is 11.5 Å². The maximum absolute atomic E-state index is 12.0. The Morgan fingerprint density at radius 2 is 1.74 bits per heavy atom. The van der Waals surface area contributed by atoms with Crippen LogP contribution < -0.4 is 20.0 Å². The minimum absolute atomic E-state index is 0.0755. The van der Waals surface area contributed by atoms with E-state index in [-0.39, 0.29) is 12.4 Å². The predicted molar refractivity (Wildman–Crippen MR) is 78.4 cm³/mol. The van der Waals surface area contributed by atoms with E-state index in [0.29, 0.717) is 22.6 Å². The van der Waals surface area contributed by atoms with Crippen molar-refractivity contribution in [2.45, 2.75) is 0 Å². The first kappa shape index (κ1) is 14.6. The van der Waals surface area contributed by atoms with Gasteiger partial charge >= 0.3 is 0 Å². The van der Waals surface area contributed by atoms with E-state index in [2.05, 4.69) is 10.5 Å². The Balaban J connectivity index is 1.63. The van der Waals surface area contributed by atoms with Crippen LogP contribution in [0.25, 0.3) is 0 Å². The van der Waals surface area contributed by atoms with Crippen LogP contribution in [0.4, 0.5) is 0 Å². The highest BCUT2D eigenvalue weighted by Crippen LogP contribution is 2.32. The third-order valence-electron chi connectivity index (χ3n) is 3.16. The number of amides is 1. The van der Waals surface area contributed by atoms with Crippen molar-refractivity contribution in [2.24, 2.45) is 5.10 Å².